The minimum Gasteiger partial charge on any atom is -0.380 e. The van der Waals surface area contributed by atoms with Crippen molar-refractivity contribution in [2.75, 3.05) is 5.32 Å². The van der Waals surface area contributed by atoms with Gasteiger partial charge in [-0.3, -0.25) is 0 Å². The normalized spacial score (nSPS) is 10.4. The number of aromatic nitrogens is 3. The summed E-state index contributed by atoms with van der Waals surface area (Å²) in [5, 5.41) is 7.54. The van der Waals surface area contributed by atoms with Crippen LogP contribution in [0.15, 0.2) is 61.1 Å². The number of hydrogen-bond donors (Lipinski definition) is 1. The monoisotopic (exact) mass is 264 g/mol. The van der Waals surface area contributed by atoms with Gasteiger partial charge in [-0.1, -0.05) is 24.3 Å². The summed E-state index contributed by atoms with van der Waals surface area (Å²) in [7, 11) is 0. The molecule has 0 aliphatic rings. The fraction of sp³-hybridized carbons (Fsp3) is 0.125. The molecule has 0 bridgehead atoms. The summed E-state index contributed by atoms with van der Waals surface area (Å²) in [5.74, 6) is 0.816. The molecule has 0 radical (unpaired) electrons. The highest BCUT2D eigenvalue weighted by molar-refractivity contribution is 5.44. The smallest absolute Gasteiger partial charge is 0.153 e. The van der Waals surface area contributed by atoms with Gasteiger partial charge in [0.15, 0.2) is 5.82 Å². The third-order valence-electron chi connectivity index (χ3n) is 3.23. The van der Waals surface area contributed by atoms with E-state index in [1.54, 1.807) is 10.9 Å². The zero-order valence-corrected chi connectivity index (χ0v) is 11.3. The quantitative estimate of drug-likeness (QED) is 0.787. The predicted octanol–water partition coefficient (Wildman–Crippen LogP) is 3.19. The molecule has 0 aliphatic carbocycles. The Balaban J connectivity index is 1.68. The molecule has 3 rings (SSSR count). The number of nitrogens with one attached hydrogen (secondary N) is 1. The van der Waals surface area contributed by atoms with Gasteiger partial charge in [0.2, 0.25) is 0 Å². The molecule has 0 amide bonds. The molecule has 1 aromatic carbocycles. The molecule has 0 fully saturated rings. The van der Waals surface area contributed by atoms with Gasteiger partial charge in [-0.25, -0.2) is 9.67 Å². The van der Waals surface area contributed by atoms with Crippen LogP contribution in [0.25, 0.3) is 5.82 Å². The van der Waals surface area contributed by atoms with Crippen LogP contribution in [-0.2, 0) is 6.54 Å². The minimum atomic E-state index is 0.801. The van der Waals surface area contributed by atoms with E-state index >= 15 is 0 Å². The van der Waals surface area contributed by atoms with Crippen molar-refractivity contribution in [3.63, 3.8) is 0 Å². The average Bonchev–Trinajstić information content (AvgIpc) is 3.01. The van der Waals surface area contributed by atoms with E-state index in [0.29, 0.717) is 0 Å². The molecule has 2 heterocycles. The second-order valence-corrected chi connectivity index (χ2v) is 4.64. The second kappa shape index (κ2) is 5.57. The molecule has 3 aromatic rings. The fourth-order valence-corrected chi connectivity index (χ4v) is 2.04. The van der Waals surface area contributed by atoms with Crippen LogP contribution in [0.1, 0.15) is 11.1 Å². The highest BCUT2D eigenvalue weighted by atomic mass is 15.3. The number of hydrogen-bond acceptors (Lipinski definition) is 3. The summed E-state index contributed by atoms with van der Waals surface area (Å²) in [4.78, 5) is 4.39. The lowest BCUT2D eigenvalue weighted by molar-refractivity contribution is 0.847. The van der Waals surface area contributed by atoms with Crippen LogP contribution in [0.4, 0.5) is 5.69 Å². The predicted molar refractivity (Wildman–Crippen MR) is 79.9 cm³/mol. The first-order valence-electron chi connectivity index (χ1n) is 6.57. The summed E-state index contributed by atoms with van der Waals surface area (Å²) in [6, 6.07) is 14.2. The standard InChI is InChI=1S/C16H16N4/c1-13-5-2-3-6-14(13)11-17-15-7-8-16(18-12-15)20-10-4-9-19-20/h2-10,12,17H,11H2,1H3. The zero-order valence-electron chi connectivity index (χ0n) is 11.3. The summed E-state index contributed by atoms with van der Waals surface area (Å²) < 4.78 is 1.74. The molecule has 20 heavy (non-hydrogen) atoms. The van der Waals surface area contributed by atoms with E-state index in [0.717, 1.165) is 18.1 Å². The van der Waals surface area contributed by atoms with Gasteiger partial charge < -0.3 is 5.32 Å². The molecular weight excluding hydrogens is 248 g/mol. The Morgan fingerprint density at radius 1 is 1.10 bits per heavy atom. The maximum Gasteiger partial charge on any atom is 0.153 e. The largest absolute Gasteiger partial charge is 0.380 e. The van der Waals surface area contributed by atoms with Gasteiger partial charge in [0.05, 0.1) is 11.9 Å². The summed E-state index contributed by atoms with van der Waals surface area (Å²) in [6.07, 6.45) is 5.45. The first-order chi connectivity index (χ1) is 9.83. The molecule has 4 nitrogen and oxygen atoms in total. The fourth-order valence-electron chi connectivity index (χ4n) is 2.04. The molecule has 0 unspecified atom stereocenters. The number of aryl methyl sites for hydroxylation is 1. The van der Waals surface area contributed by atoms with Gasteiger partial charge in [-0.15, -0.1) is 0 Å². The first kappa shape index (κ1) is 12.4. The lowest BCUT2D eigenvalue weighted by Gasteiger charge is -2.09. The van der Waals surface area contributed by atoms with E-state index < -0.39 is 0 Å². The number of benzene rings is 1. The Kier molecular flexibility index (Phi) is 3.46. The molecule has 4 heteroatoms. The number of anilines is 1. The van der Waals surface area contributed by atoms with Crippen molar-refractivity contribution < 1.29 is 0 Å². The number of nitrogens with zero attached hydrogens (tertiary/aromatic N) is 3. The van der Waals surface area contributed by atoms with E-state index in [1.165, 1.54) is 11.1 Å². The molecule has 2 aromatic heterocycles. The molecule has 0 spiro atoms. The highest BCUT2D eigenvalue weighted by Gasteiger charge is 2.00. The van der Waals surface area contributed by atoms with E-state index in [1.807, 2.05) is 30.6 Å². The third kappa shape index (κ3) is 2.69. The van der Waals surface area contributed by atoms with Crippen LogP contribution in [0, 0.1) is 6.92 Å². The topological polar surface area (TPSA) is 42.7 Å². The van der Waals surface area contributed by atoms with Crippen LogP contribution in [0.3, 0.4) is 0 Å². The Morgan fingerprint density at radius 3 is 2.70 bits per heavy atom. The van der Waals surface area contributed by atoms with Crippen LogP contribution in [0.2, 0.25) is 0 Å². The summed E-state index contributed by atoms with van der Waals surface area (Å²) >= 11 is 0. The van der Waals surface area contributed by atoms with Gasteiger partial charge >= 0.3 is 0 Å². The van der Waals surface area contributed by atoms with Gasteiger partial charge in [-0.05, 0) is 36.2 Å². The van der Waals surface area contributed by atoms with Crippen molar-refractivity contribution in [3.05, 3.63) is 72.2 Å². The van der Waals surface area contributed by atoms with E-state index in [9.17, 15) is 0 Å². The van der Waals surface area contributed by atoms with E-state index in [4.69, 9.17) is 0 Å². The Labute approximate surface area is 118 Å². The van der Waals surface area contributed by atoms with Crippen molar-refractivity contribution in [1.82, 2.24) is 14.8 Å². The van der Waals surface area contributed by atoms with Crippen LogP contribution in [0.5, 0.6) is 0 Å². The van der Waals surface area contributed by atoms with Crippen molar-refractivity contribution in [1.29, 1.82) is 0 Å². The Morgan fingerprint density at radius 2 is 2.00 bits per heavy atom. The van der Waals surface area contributed by atoms with Crippen LogP contribution in [-0.4, -0.2) is 14.8 Å². The van der Waals surface area contributed by atoms with Gasteiger partial charge in [-0.2, -0.15) is 5.10 Å². The van der Waals surface area contributed by atoms with Crippen molar-refractivity contribution in [2.24, 2.45) is 0 Å². The zero-order chi connectivity index (χ0) is 13.8. The van der Waals surface area contributed by atoms with Crippen LogP contribution < -0.4 is 5.32 Å². The Bertz CT molecular complexity index is 672. The molecule has 0 saturated carbocycles. The molecule has 0 saturated heterocycles. The van der Waals surface area contributed by atoms with Crippen molar-refractivity contribution in [2.45, 2.75) is 13.5 Å². The molecular formula is C16H16N4. The molecule has 100 valence electrons. The van der Waals surface area contributed by atoms with E-state index in [2.05, 4.69) is 46.6 Å². The SMILES string of the molecule is Cc1ccccc1CNc1ccc(-n2cccn2)nc1. The lowest BCUT2D eigenvalue weighted by atomic mass is 10.1. The molecule has 0 atom stereocenters. The van der Waals surface area contributed by atoms with Gasteiger partial charge in [0.1, 0.15) is 0 Å². The second-order valence-electron chi connectivity index (χ2n) is 4.64. The Hall–Kier alpha value is -2.62. The van der Waals surface area contributed by atoms with E-state index in [-0.39, 0.29) is 0 Å². The molecule has 1 N–H and O–H groups in total. The van der Waals surface area contributed by atoms with Gasteiger partial charge in [0, 0.05) is 18.9 Å². The highest BCUT2D eigenvalue weighted by Crippen LogP contribution is 2.12. The maximum atomic E-state index is 4.39. The third-order valence-corrected chi connectivity index (χ3v) is 3.23. The summed E-state index contributed by atoms with van der Waals surface area (Å²) in [6.45, 7) is 2.92. The molecule has 0 aliphatic heterocycles. The first-order valence-corrected chi connectivity index (χ1v) is 6.57. The van der Waals surface area contributed by atoms with Crippen molar-refractivity contribution in [3.8, 4) is 5.82 Å². The van der Waals surface area contributed by atoms with Crippen molar-refractivity contribution >= 4 is 5.69 Å². The lowest BCUT2D eigenvalue weighted by Crippen LogP contribution is -2.03. The summed E-state index contributed by atoms with van der Waals surface area (Å²) in [5.41, 5.74) is 3.59. The maximum absolute atomic E-state index is 4.39. The number of rotatable bonds is 4. The average molecular weight is 264 g/mol. The minimum absolute atomic E-state index is 0.801. The van der Waals surface area contributed by atoms with Gasteiger partial charge in [0.25, 0.3) is 0 Å². The number of pyridine rings is 1. The van der Waals surface area contributed by atoms with Crippen LogP contribution >= 0.6 is 0 Å².